The number of rotatable bonds is 8. The van der Waals surface area contributed by atoms with E-state index in [1.807, 2.05) is 55.4 Å². The van der Waals surface area contributed by atoms with Crippen molar-refractivity contribution >= 4 is 11.6 Å². The Morgan fingerprint density at radius 3 is 2.46 bits per heavy atom. The van der Waals surface area contributed by atoms with Crippen LogP contribution in [-0.2, 0) is 17.9 Å². The first kappa shape index (κ1) is 18.4. The average Bonchev–Trinajstić information content (AvgIpc) is 3.46. The largest absolute Gasteiger partial charge is 0.378 e. The quantitative estimate of drug-likeness (QED) is 0.756. The highest BCUT2D eigenvalue weighted by molar-refractivity contribution is 5.76. The fraction of sp³-hybridized carbons (Fsp3) is 0.381. The molecule has 2 N–H and O–H groups in total. The molecule has 26 heavy (non-hydrogen) atoms. The molecule has 4 nitrogen and oxygen atoms in total. The number of amides is 1. The highest BCUT2D eigenvalue weighted by atomic mass is 19.1. The summed E-state index contributed by atoms with van der Waals surface area (Å²) in [5, 5.41) is 2.99. The number of benzene rings is 2. The van der Waals surface area contributed by atoms with Crippen LogP contribution < -0.4 is 15.1 Å². The summed E-state index contributed by atoms with van der Waals surface area (Å²) in [6, 6.07) is 15.5. The van der Waals surface area contributed by atoms with Crippen LogP contribution in [0.2, 0.25) is 0 Å². The molecule has 0 saturated heterocycles. The maximum Gasteiger partial charge on any atom is 0.275 e. The number of nitrogens with one attached hydrogen (secondary N) is 2. The van der Waals surface area contributed by atoms with Gasteiger partial charge in [-0.1, -0.05) is 30.3 Å². The smallest absolute Gasteiger partial charge is 0.275 e. The normalized spacial score (nSPS) is 14.7. The van der Waals surface area contributed by atoms with Crippen LogP contribution in [0.5, 0.6) is 0 Å². The molecule has 1 aliphatic rings. The van der Waals surface area contributed by atoms with E-state index in [1.165, 1.54) is 6.07 Å². The lowest BCUT2D eigenvalue weighted by Crippen LogP contribution is -3.13. The number of hydrogen-bond acceptors (Lipinski definition) is 2. The van der Waals surface area contributed by atoms with Gasteiger partial charge in [0, 0.05) is 44.7 Å². The summed E-state index contributed by atoms with van der Waals surface area (Å²) in [5.74, 6) is -0.174. The lowest BCUT2D eigenvalue weighted by molar-refractivity contribution is -0.917. The molecule has 0 radical (unpaired) electrons. The molecule has 0 spiro atoms. The number of halogens is 1. The summed E-state index contributed by atoms with van der Waals surface area (Å²) in [4.78, 5) is 15.6. The minimum atomic E-state index is -0.188. The molecule has 2 aromatic carbocycles. The van der Waals surface area contributed by atoms with Crippen molar-refractivity contribution in [2.45, 2.75) is 32.0 Å². The molecule has 2 aromatic rings. The number of carbonyl (C=O) groups is 1. The molecule has 0 aromatic heterocycles. The fourth-order valence-corrected chi connectivity index (χ4v) is 3.11. The van der Waals surface area contributed by atoms with E-state index in [0.29, 0.717) is 31.2 Å². The molecule has 1 amide bonds. The van der Waals surface area contributed by atoms with Crippen LogP contribution in [0.15, 0.2) is 48.5 Å². The third-order valence-corrected chi connectivity index (χ3v) is 4.86. The Morgan fingerprint density at radius 2 is 1.85 bits per heavy atom. The first-order chi connectivity index (χ1) is 12.5. The Labute approximate surface area is 154 Å². The average molecular weight is 356 g/mol. The van der Waals surface area contributed by atoms with E-state index in [1.54, 1.807) is 6.07 Å². The van der Waals surface area contributed by atoms with Crippen molar-refractivity contribution in [2.75, 3.05) is 25.5 Å². The lowest BCUT2D eigenvalue weighted by atomic mass is 10.2. The molecule has 1 fully saturated rings. The van der Waals surface area contributed by atoms with Gasteiger partial charge in [0.2, 0.25) is 0 Å². The Balaban J connectivity index is 1.53. The van der Waals surface area contributed by atoms with Crippen molar-refractivity contribution in [3.05, 3.63) is 65.5 Å². The van der Waals surface area contributed by atoms with Crippen LogP contribution in [0, 0.1) is 5.82 Å². The van der Waals surface area contributed by atoms with E-state index in [2.05, 4.69) is 5.32 Å². The van der Waals surface area contributed by atoms with Gasteiger partial charge in [-0.2, -0.15) is 0 Å². The Morgan fingerprint density at radius 1 is 1.15 bits per heavy atom. The summed E-state index contributed by atoms with van der Waals surface area (Å²) in [5.41, 5.74) is 2.89. The molecule has 1 unspecified atom stereocenters. The van der Waals surface area contributed by atoms with Gasteiger partial charge in [-0.15, -0.1) is 0 Å². The maximum absolute atomic E-state index is 13.9. The third-order valence-electron chi connectivity index (χ3n) is 4.86. The third kappa shape index (κ3) is 5.05. The van der Waals surface area contributed by atoms with Crippen LogP contribution in [0.4, 0.5) is 10.1 Å². The fourth-order valence-electron chi connectivity index (χ4n) is 3.11. The van der Waals surface area contributed by atoms with Gasteiger partial charge >= 0.3 is 0 Å². The Hall–Kier alpha value is -2.40. The second kappa shape index (κ2) is 8.32. The van der Waals surface area contributed by atoms with Gasteiger partial charge in [0.1, 0.15) is 12.4 Å². The molecule has 3 rings (SSSR count). The molecular weight excluding hydrogens is 329 g/mol. The number of quaternary nitrogens is 1. The van der Waals surface area contributed by atoms with Crippen LogP contribution >= 0.6 is 0 Å². The lowest BCUT2D eigenvalue weighted by Gasteiger charge is -2.19. The van der Waals surface area contributed by atoms with Crippen molar-refractivity contribution < 1.29 is 14.1 Å². The van der Waals surface area contributed by atoms with E-state index in [4.69, 9.17) is 0 Å². The van der Waals surface area contributed by atoms with Gasteiger partial charge in [0.15, 0.2) is 6.54 Å². The van der Waals surface area contributed by atoms with Crippen LogP contribution in [0.25, 0.3) is 0 Å². The number of hydrogen-bond donors (Lipinski definition) is 2. The van der Waals surface area contributed by atoms with Gasteiger partial charge in [-0.05, 0) is 23.8 Å². The highest BCUT2D eigenvalue weighted by Crippen LogP contribution is 2.16. The maximum atomic E-state index is 13.9. The SMILES string of the molecule is CN(C)c1ccc(CNC(=O)C[NH+](Cc2ccccc2F)C2CC2)cc1. The van der Waals surface area contributed by atoms with E-state index in [0.717, 1.165) is 29.0 Å². The van der Waals surface area contributed by atoms with Crippen molar-refractivity contribution in [2.24, 2.45) is 0 Å². The van der Waals surface area contributed by atoms with E-state index in [9.17, 15) is 9.18 Å². The monoisotopic (exact) mass is 356 g/mol. The molecule has 0 heterocycles. The molecule has 5 heteroatoms. The summed E-state index contributed by atoms with van der Waals surface area (Å²) in [6.07, 6.45) is 2.23. The molecule has 138 valence electrons. The molecule has 1 atom stereocenters. The van der Waals surface area contributed by atoms with Crippen molar-refractivity contribution in [3.8, 4) is 0 Å². The van der Waals surface area contributed by atoms with Crippen LogP contribution in [0.3, 0.4) is 0 Å². The van der Waals surface area contributed by atoms with Gasteiger partial charge in [-0.25, -0.2) is 4.39 Å². The summed E-state index contributed by atoms with van der Waals surface area (Å²) < 4.78 is 13.9. The van der Waals surface area contributed by atoms with Gasteiger partial charge in [-0.3, -0.25) is 4.79 Å². The number of carbonyl (C=O) groups excluding carboxylic acids is 1. The number of anilines is 1. The number of nitrogens with zero attached hydrogens (tertiary/aromatic N) is 1. The zero-order valence-electron chi connectivity index (χ0n) is 15.5. The molecule has 1 saturated carbocycles. The van der Waals surface area contributed by atoms with E-state index >= 15 is 0 Å². The predicted molar refractivity (Wildman–Crippen MR) is 102 cm³/mol. The second-order valence-corrected chi connectivity index (χ2v) is 7.22. The molecule has 0 bridgehead atoms. The van der Waals surface area contributed by atoms with Crippen LogP contribution in [-0.4, -0.2) is 32.6 Å². The van der Waals surface area contributed by atoms with E-state index in [-0.39, 0.29) is 11.7 Å². The second-order valence-electron chi connectivity index (χ2n) is 7.22. The summed E-state index contributed by atoms with van der Waals surface area (Å²) in [7, 11) is 4.00. The zero-order valence-corrected chi connectivity index (χ0v) is 15.5. The predicted octanol–water partition coefficient (Wildman–Crippen LogP) is 1.76. The van der Waals surface area contributed by atoms with Crippen molar-refractivity contribution in [1.29, 1.82) is 0 Å². The minimum Gasteiger partial charge on any atom is -0.378 e. The van der Waals surface area contributed by atoms with Crippen LogP contribution in [0.1, 0.15) is 24.0 Å². The Kier molecular flexibility index (Phi) is 5.89. The first-order valence-electron chi connectivity index (χ1n) is 9.14. The zero-order chi connectivity index (χ0) is 18.5. The Bertz CT molecular complexity index is 741. The van der Waals surface area contributed by atoms with Gasteiger partial charge < -0.3 is 15.1 Å². The highest BCUT2D eigenvalue weighted by Gasteiger charge is 2.34. The summed E-state index contributed by atoms with van der Waals surface area (Å²) >= 11 is 0. The summed E-state index contributed by atoms with van der Waals surface area (Å²) in [6.45, 7) is 1.46. The topological polar surface area (TPSA) is 36.8 Å². The molecule has 0 aliphatic heterocycles. The van der Waals surface area contributed by atoms with Crippen molar-refractivity contribution in [3.63, 3.8) is 0 Å². The minimum absolute atomic E-state index is 0.0138. The molecular formula is C21H27FN3O+. The van der Waals surface area contributed by atoms with Crippen molar-refractivity contribution in [1.82, 2.24) is 5.32 Å². The molecule has 1 aliphatic carbocycles. The first-order valence-corrected chi connectivity index (χ1v) is 9.14. The van der Waals surface area contributed by atoms with E-state index < -0.39 is 0 Å². The van der Waals surface area contributed by atoms with Gasteiger partial charge in [0.25, 0.3) is 5.91 Å². The standard InChI is InChI=1S/C21H26FN3O/c1-24(2)18-9-7-16(8-10-18)13-23-21(26)15-25(19-11-12-19)14-17-5-3-4-6-20(17)22/h3-10,19H,11-15H2,1-2H3,(H,23,26)/p+1. The van der Waals surface area contributed by atoms with Gasteiger partial charge in [0.05, 0.1) is 6.04 Å².